The number of methoxy groups -OCH3 is 1. The number of esters is 1. The predicted octanol–water partition coefficient (Wildman–Crippen LogP) is 2.49. The third-order valence-electron chi connectivity index (χ3n) is 3.80. The van der Waals surface area contributed by atoms with Crippen LogP contribution in [0.2, 0.25) is 0 Å². The van der Waals surface area contributed by atoms with Gasteiger partial charge in [-0.3, -0.25) is 4.79 Å². The van der Waals surface area contributed by atoms with Gasteiger partial charge in [0.1, 0.15) is 5.75 Å². The van der Waals surface area contributed by atoms with E-state index in [0.717, 1.165) is 0 Å². The number of benzene rings is 2. The van der Waals surface area contributed by atoms with Crippen molar-refractivity contribution in [1.82, 2.24) is 4.72 Å². The summed E-state index contributed by atoms with van der Waals surface area (Å²) in [5, 5.41) is 2.65. The molecule has 0 aliphatic rings. The molecular weight excluding hydrogens is 396 g/mol. The van der Waals surface area contributed by atoms with Gasteiger partial charge in [0.2, 0.25) is 10.0 Å². The van der Waals surface area contributed by atoms with Crippen LogP contribution in [0.15, 0.2) is 47.4 Å². The van der Waals surface area contributed by atoms with Crippen molar-refractivity contribution in [3.63, 3.8) is 0 Å². The Morgan fingerprint density at radius 3 is 2.28 bits per heavy atom. The van der Waals surface area contributed by atoms with E-state index in [-0.39, 0.29) is 17.5 Å². The lowest BCUT2D eigenvalue weighted by molar-refractivity contribution is -0.118. The second kappa shape index (κ2) is 9.53. The molecule has 0 saturated heterocycles. The number of anilines is 1. The Bertz CT molecular complexity index is 985. The molecule has 0 bridgehead atoms. The number of hydrogen-bond donors (Lipinski definition) is 2. The molecular formula is C20H24N2O6S. The van der Waals surface area contributed by atoms with E-state index in [1.165, 1.54) is 37.4 Å². The third-order valence-corrected chi connectivity index (χ3v) is 5.45. The summed E-state index contributed by atoms with van der Waals surface area (Å²) in [6.07, 6.45) is 0. The Hall–Kier alpha value is -2.91. The van der Waals surface area contributed by atoms with Crippen molar-refractivity contribution in [2.75, 3.05) is 19.0 Å². The highest BCUT2D eigenvalue weighted by molar-refractivity contribution is 7.89. The molecule has 0 aliphatic heterocycles. The van der Waals surface area contributed by atoms with Gasteiger partial charge < -0.3 is 14.8 Å². The SMILES string of the molecule is COC(=O)c1ccc(NC(=O)COc2ccc(S(=O)(=O)NC(C)C)cc2C)cc1. The monoisotopic (exact) mass is 420 g/mol. The van der Waals surface area contributed by atoms with E-state index < -0.39 is 21.9 Å². The number of sulfonamides is 1. The molecule has 9 heteroatoms. The van der Waals surface area contributed by atoms with Crippen molar-refractivity contribution in [3.05, 3.63) is 53.6 Å². The summed E-state index contributed by atoms with van der Waals surface area (Å²) in [5.41, 5.74) is 1.47. The number of aryl methyl sites for hydroxylation is 1. The highest BCUT2D eigenvalue weighted by atomic mass is 32.2. The van der Waals surface area contributed by atoms with Gasteiger partial charge >= 0.3 is 5.97 Å². The fourth-order valence-electron chi connectivity index (χ4n) is 2.48. The average molecular weight is 420 g/mol. The zero-order valence-corrected chi connectivity index (χ0v) is 17.5. The minimum atomic E-state index is -3.60. The average Bonchev–Trinajstić information content (AvgIpc) is 2.66. The van der Waals surface area contributed by atoms with Gasteiger partial charge in [-0.1, -0.05) is 0 Å². The number of nitrogens with one attached hydrogen (secondary N) is 2. The Labute approximate surface area is 170 Å². The quantitative estimate of drug-likeness (QED) is 0.635. The maximum atomic E-state index is 12.2. The molecule has 0 spiro atoms. The van der Waals surface area contributed by atoms with Gasteiger partial charge in [-0.15, -0.1) is 0 Å². The number of ether oxygens (including phenoxy) is 2. The van der Waals surface area contributed by atoms with Crippen molar-refractivity contribution in [1.29, 1.82) is 0 Å². The Morgan fingerprint density at radius 2 is 1.72 bits per heavy atom. The molecule has 0 heterocycles. The van der Waals surface area contributed by atoms with Gasteiger partial charge in [0.25, 0.3) is 5.91 Å². The van der Waals surface area contributed by atoms with Crippen molar-refractivity contribution in [3.8, 4) is 5.75 Å². The lowest BCUT2D eigenvalue weighted by Gasteiger charge is -2.13. The molecule has 0 fully saturated rings. The van der Waals surface area contributed by atoms with Gasteiger partial charge in [-0.2, -0.15) is 0 Å². The Kier molecular flexibility index (Phi) is 7.35. The maximum Gasteiger partial charge on any atom is 0.337 e. The van der Waals surface area contributed by atoms with E-state index in [0.29, 0.717) is 22.6 Å². The molecule has 156 valence electrons. The zero-order valence-electron chi connectivity index (χ0n) is 16.7. The van der Waals surface area contributed by atoms with Gasteiger partial charge in [0, 0.05) is 11.7 Å². The van der Waals surface area contributed by atoms with Crippen molar-refractivity contribution in [2.45, 2.75) is 31.7 Å². The molecule has 29 heavy (non-hydrogen) atoms. The molecule has 0 aromatic heterocycles. The van der Waals surface area contributed by atoms with Gasteiger partial charge in [0.05, 0.1) is 17.6 Å². The molecule has 2 rings (SSSR count). The largest absolute Gasteiger partial charge is 0.483 e. The molecule has 2 aromatic carbocycles. The Morgan fingerprint density at radius 1 is 1.07 bits per heavy atom. The van der Waals surface area contributed by atoms with E-state index in [2.05, 4.69) is 14.8 Å². The summed E-state index contributed by atoms with van der Waals surface area (Å²) in [5.74, 6) is -0.450. The topological polar surface area (TPSA) is 111 Å². The van der Waals surface area contributed by atoms with Crippen LogP contribution in [-0.4, -0.2) is 40.1 Å². The number of hydrogen-bond acceptors (Lipinski definition) is 6. The molecule has 8 nitrogen and oxygen atoms in total. The molecule has 2 aromatic rings. The highest BCUT2D eigenvalue weighted by Gasteiger charge is 2.17. The number of carbonyl (C=O) groups is 2. The third kappa shape index (κ3) is 6.30. The van der Waals surface area contributed by atoms with Crippen LogP contribution in [0.3, 0.4) is 0 Å². The molecule has 0 saturated carbocycles. The molecule has 2 N–H and O–H groups in total. The maximum absolute atomic E-state index is 12.2. The number of rotatable bonds is 8. The van der Waals surface area contributed by atoms with E-state index in [9.17, 15) is 18.0 Å². The zero-order chi connectivity index (χ0) is 21.6. The summed E-state index contributed by atoms with van der Waals surface area (Å²) in [6.45, 7) is 4.93. The molecule has 0 radical (unpaired) electrons. The van der Waals surface area contributed by atoms with Crippen LogP contribution in [-0.2, 0) is 19.6 Å². The summed E-state index contributed by atoms with van der Waals surface area (Å²) < 4.78 is 37.1. The van der Waals surface area contributed by atoms with Crippen LogP contribution in [0, 0.1) is 6.92 Å². The minimum Gasteiger partial charge on any atom is -0.483 e. The molecule has 1 amide bonds. The molecule has 0 unspecified atom stereocenters. The fourth-order valence-corrected chi connectivity index (χ4v) is 3.81. The van der Waals surface area contributed by atoms with Crippen molar-refractivity contribution >= 4 is 27.6 Å². The van der Waals surface area contributed by atoms with Crippen LogP contribution >= 0.6 is 0 Å². The first-order valence-electron chi connectivity index (χ1n) is 8.86. The number of carbonyl (C=O) groups excluding carboxylic acids is 2. The first-order valence-corrected chi connectivity index (χ1v) is 10.3. The van der Waals surface area contributed by atoms with Crippen LogP contribution in [0.4, 0.5) is 5.69 Å². The van der Waals surface area contributed by atoms with Crippen LogP contribution in [0.25, 0.3) is 0 Å². The van der Waals surface area contributed by atoms with Crippen LogP contribution in [0.1, 0.15) is 29.8 Å². The normalized spacial score (nSPS) is 11.2. The second-order valence-electron chi connectivity index (χ2n) is 6.61. The summed E-state index contributed by atoms with van der Waals surface area (Å²) >= 11 is 0. The molecule has 0 atom stereocenters. The van der Waals surface area contributed by atoms with Gasteiger partial charge in [-0.25, -0.2) is 17.9 Å². The van der Waals surface area contributed by atoms with Crippen molar-refractivity contribution < 1.29 is 27.5 Å². The smallest absolute Gasteiger partial charge is 0.337 e. The molecule has 0 aliphatic carbocycles. The Balaban J connectivity index is 1.97. The fraction of sp³-hybridized carbons (Fsp3) is 0.300. The summed E-state index contributed by atoms with van der Waals surface area (Å²) in [7, 11) is -2.31. The lowest BCUT2D eigenvalue weighted by Crippen LogP contribution is -2.30. The van der Waals surface area contributed by atoms with E-state index >= 15 is 0 Å². The second-order valence-corrected chi connectivity index (χ2v) is 8.32. The van der Waals surface area contributed by atoms with Crippen LogP contribution in [0.5, 0.6) is 5.75 Å². The summed E-state index contributed by atoms with van der Waals surface area (Å²) in [6, 6.07) is 10.4. The van der Waals surface area contributed by atoms with Gasteiger partial charge in [-0.05, 0) is 68.8 Å². The predicted molar refractivity (Wildman–Crippen MR) is 109 cm³/mol. The first kappa shape index (κ1) is 22.4. The van der Waals surface area contributed by atoms with Crippen LogP contribution < -0.4 is 14.8 Å². The standard InChI is InChI=1S/C20H24N2O6S/c1-13(2)22-29(25,26)17-9-10-18(14(3)11-17)28-12-19(23)21-16-7-5-15(6-8-16)20(24)27-4/h5-11,13,22H,12H2,1-4H3,(H,21,23). The van der Waals surface area contributed by atoms with Gasteiger partial charge in [0.15, 0.2) is 6.61 Å². The summed E-state index contributed by atoms with van der Waals surface area (Å²) in [4.78, 5) is 23.6. The highest BCUT2D eigenvalue weighted by Crippen LogP contribution is 2.22. The first-order chi connectivity index (χ1) is 13.6. The minimum absolute atomic E-state index is 0.131. The van der Waals surface area contributed by atoms with Crippen molar-refractivity contribution in [2.24, 2.45) is 0 Å². The van der Waals surface area contributed by atoms with E-state index in [1.807, 2.05) is 0 Å². The lowest BCUT2D eigenvalue weighted by atomic mass is 10.2. The van der Waals surface area contributed by atoms with E-state index in [1.54, 1.807) is 32.9 Å². The number of amides is 1. The van der Waals surface area contributed by atoms with E-state index in [4.69, 9.17) is 4.74 Å².